The highest BCUT2D eigenvalue weighted by atomic mass is 32.2. The van der Waals surface area contributed by atoms with Crippen LogP contribution in [0.25, 0.3) is 0 Å². The number of hydrogen-bond donors (Lipinski definition) is 2. The van der Waals surface area contributed by atoms with Crippen molar-refractivity contribution >= 4 is 15.7 Å². The van der Waals surface area contributed by atoms with Crippen molar-refractivity contribution in [3.8, 4) is 0 Å². The Morgan fingerprint density at radius 3 is 2.16 bits per heavy atom. The molecule has 2 aromatic carbocycles. The molecule has 2 N–H and O–H groups in total. The third kappa shape index (κ3) is 6.14. The van der Waals surface area contributed by atoms with Crippen LogP contribution < -0.4 is 10.0 Å². The number of sulfonamides is 1. The Bertz CT molecular complexity index is 772. The fourth-order valence-electron chi connectivity index (χ4n) is 2.56. The number of halogens is 1. The van der Waals surface area contributed by atoms with Crippen LogP contribution in [0.15, 0.2) is 53.4 Å². The molecule has 1 atom stereocenters. The number of rotatable bonds is 8. The van der Waals surface area contributed by atoms with E-state index in [4.69, 9.17) is 0 Å². The predicted octanol–water partition coefficient (Wildman–Crippen LogP) is 3.94. The first kappa shape index (κ1) is 19.4. The van der Waals surface area contributed by atoms with Gasteiger partial charge in [0.2, 0.25) is 10.0 Å². The van der Waals surface area contributed by atoms with Crippen LogP contribution in [-0.4, -0.2) is 21.0 Å². The van der Waals surface area contributed by atoms with Crippen molar-refractivity contribution in [2.45, 2.75) is 38.1 Å². The monoisotopic (exact) mass is 364 g/mol. The molecule has 0 spiro atoms. The lowest BCUT2D eigenvalue weighted by Crippen LogP contribution is -2.40. The van der Waals surface area contributed by atoms with Gasteiger partial charge in [-0.05, 0) is 55.7 Å². The number of nitrogens with one attached hydrogen (secondary N) is 2. The number of anilines is 1. The van der Waals surface area contributed by atoms with Gasteiger partial charge in [-0.25, -0.2) is 17.5 Å². The second-order valence-corrected chi connectivity index (χ2v) is 8.36. The van der Waals surface area contributed by atoms with Crippen LogP contribution in [0, 0.1) is 18.7 Å². The van der Waals surface area contributed by atoms with E-state index in [1.807, 2.05) is 20.8 Å². The Hall–Kier alpha value is -1.92. The van der Waals surface area contributed by atoms with Crippen molar-refractivity contribution < 1.29 is 12.8 Å². The first-order chi connectivity index (χ1) is 11.8. The fraction of sp³-hybridized carbons (Fsp3) is 0.368. The minimum Gasteiger partial charge on any atom is -0.383 e. The minimum absolute atomic E-state index is 0.258. The van der Waals surface area contributed by atoms with Crippen LogP contribution in [0.5, 0.6) is 0 Å². The molecule has 0 aliphatic carbocycles. The van der Waals surface area contributed by atoms with Crippen molar-refractivity contribution in [3.05, 3.63) is 59.9 Å². The molecule has 6 heteroatoms. The molecule has 136 valence electrons. The van der Waals surface area contributed by atoms with Crippen LogP contribution in [0.3, 0.4) is 0 Å². The van der Waals surface area contributed by atoms with Crippen LogP contribution in [0.1, 0.15) is 25.8 Å². The van der Waals surface area contributed by atoms with Gasteiger partial charge >= 0.3 is 0 Å². The van der Waals surface area contributed by atoms with Crippen LogP contribution in [0.4, 0.5) is 10.1 Å². The molecule has 2 aromatic rings. The van der Waals surface area contributed by atoms with Crippen molar-refractivity contribution in [2.24, 2.45) is 5.92 Å². The maximum atomic E-state index is 13.0. The third-order valence-corrected chi connectivity index (χ3v) is 5.34. The van der Waals surface area contributed by atoms with E-state index in [0.29, 0.717) is 18.9 Å². The normalized spacial score (nSPS) is 13.0. The molecular formula is C19H25FN2O2S. The Labute approximate surface area is 149 Å². The Morgan fingerprint density at radius 1 is 1.00 bits per heavy atom. The molecule has 0 aliphatic rings. The maximum absolute atomic E-state index is 13.0. The zero-order valence-corrected chi connectivity index (χ0v) is 15.6. The molecule has 0 aliphatic heterocycles. The Balaban J connectivity index is 2.08. The van der Waals surface area contributed by atoms with E-state index < -0.39 is 10.0 Å². The third-order valence-electron chi connectivity index (χ3n) is 3.81. The first-order valence-corrected chi connectivity index (χ1v) is 9.83. The highest BCUT2D eigenvalue weighted by Gasteiger charge is 2.20. The summed E-state index contributed by atoms with van der Waals surface area (Å²) < 4.78 is 41.0. The number of benzene rings is 2. The van der Waals surface area contributed by atoms with Crippen LogP contribution in [0.2, 0.25) is 0 Å². The summed E-state index contributed by atoms with van der Waals surface area (Å²) in [5.74, 6) is 0.0325. The lowest BCUT2D eigenvalue weighted by atomic mass is 10.0. The van der Waals surface area contributed by atoms with E-state index in [1.54, 1.807) is 36.4 Å². The summed E-state index contributed by atoms with van der Waals surface area (Å²) in [7, 11) is -3.58. The average Bonchev–Trinajstić information content (AvgIpc) is 2.53. The summed E-state index contributed by atoms with van der Waals surface area (Å²) in [4.78, 5) is 0.258. The van der Waals surface area contributed by atoms with Gasteiger partial charge in [-0.2, -0.15) is 0 Å². The molecule has 2 rings (SSSR count). The summed E-state index contributed by atoms with van der Waals surface area (Å²) in [5.41, 5.74) is 1.76. The van der Waals surface area contributed by atoms with Crippen molar-refractivity contribution in [1.29, 1.82) is 0 Å². The number of aryl methyl sites for hydroxylation is 1. The highest BCUT2D eigenvalue weighted by molar-refractivity contribution is 7.89. The lowest BCUT2D eigenvalue weighted by molar-refractivity contribution is 0.471. The smallest absolute Gasteiger partial charge is 0.240 e. The van der Waals surface area contributed by atoms with Crippen LogP contribution in [-0.2, 0) is 10.0 Å². The van der Waals surface area contributed by atoms with E-state index in [9.17, 15) is 12.8 Å². The molecule has 0 saturated heterocycles. The highest BCUT2D eigenvalue weighted by Crippen LogP contribution is 2.14. The predicted molar refractivity (Wildman–Crippen MR) is 99.6 cm³/mol. The van der Waals surface area contributed by atoms with Gasteiger partial charge in [0.15, 0.2) is 0 Å². The molecule has 4 nitrogen and oxygen atoms in total. The molecule has 0 heterocycles. The largest absolute Gasteiger partial charge is 0.383 e. The summed E-state index contributed by atoms with van der Waals surface area (Å²) >= 11 is 0. The maximum Gasteiger partial charge on any atom is 0.240 e. The van der Waals surface area contributed by atoms with E-state index in [1.165, 1.54) is 12.1 Å². The second kappa shape index (κ2) is 8.45. The first-order valence-electron chi connectivity index (χ1n) is 8.34. The van der Waals surface area contributed by atoms with Gasteiger partial charge in [0.1, 0.15) is 5.82 Å². The van der Waals surface area contributed by atoms with Gasteiger partial charge in [-0.3, -0.25) is 0 Å². The molecule has 1 unspecified atom stereocenters. The van der Waals surface area contributed by atoms with Gasteiger partial charge in [-0.15, -0.1) is 0 Å². The second-order valence-electron chi connectivity index (χ2n) is 6.65. The lowest BCUT2D eigenvalue weighted by Gasteiger charge is -2.21. The molecular weight excluding hydrogens is 339 g/mol. The molecule has 0 aromatic heterocycles. The van der Waals surface area contributed by atoms with Crippen molar-refractivity contribution in [1.82, 2.24) is 4.72 Å². The average molecular weight is 364 g/mol. The van der Waals surface area contributed by atoms with E-state index in [-0.39, 0.29) is 16.8 Å². The summed E-state index contributed by atoms with van der Waals surface area (Å²) in [6.45, 7) is 6.43. The minimum atomic E-state index is -3.58. The summed E-state index contributed by atoms with van der Waals surface area (Å²) in [5, 5.41) is 3.17. The van der Waals surface area contributed by atoms with Gasteiger partial charge < -0.3 is 5.32 Å². The molecule has 25 heavy (non-hydrogen) atoms. The Morgan fingerprint density at radius 2 is 1.60 bits per heavy atom. The van der Waals surface area contributed by atoms with Gasteiger partial charge in [0, 0.05) is 18.3 Å². The standard InChI is InChI=1S/C19H25FN2O2S/c1-14(2)12-18(13-21-17-8-6-16(20)7-9-17)22-25(23,24)19-10-4-15(3)5-11-19/h4-11,14,18,21-22H,12-13H2,1-3H3. The summed E-state index contributed by atoms with van der Waals surface area (Å²) in [6, 6.07) is 12.5. The molecule has 0 bridgehead atoms. The molecule has 0 fully saturated rings. The quantitative estimate of drug-likeness (QED) is 0.746. The topological polar surface area (TPSA) is 58.2 Å². The van der Waals surface area contributed by atoms with E-state index >= 15 is 0 Å². The zero-order valence-electron chi connectivity index (χ0n) is 14.8. The van der Waals surface area contributed by atoms with Crippen molar-refractivity contribution in [2.75, 3.05) is 11.9 Å². The van der Waals surface area contributed by atoms with Crippen LogP contribution >= 0.6 is 0 Å². The number of hydrogen-bond acceptors (Lipinski definition) is 3. The van der Waals surface area contributed by atoms with Gasteiger partial charge in [0.25, 0.3) is 0 Å². The molecule has 0 amide bonds. The van der Waals surface area contributed by atoms with E-state index in [2.05, 4.69) is 10.0 Å². The Kier molecular flexibility index (Phi) is 6.56. The van der Waals surface area contributed by atoms with Gasteiger partial charge in [0.05, 0.1) is 4.90 Å². The van der Waals surface area contributed by atoms with Gasteiger partial charge in [-0.1, -0.05) is 31.5 Å². The molecule has 0 saturated carbocycles. The molecule has 0 radical (unpaired) electrons. The van der Waals surface area contributed by atoms with Crippen molar-refractivity contribution in [3.63, 3.8) is 0 Å². The fourth-order valence-corrected chi connectivity index (χ4v) is 3.80. The summed E-state index contributed by atoms with van der Waals surface area (Å²) in [6.07, 6.45) is 0.694. The zero-order chi connectivity index (χ0) is 18.4. The SMILES string of the molecule is Cc1ccc(S(=O)(=O)NC(CNc2ccc(F)cc2)CC(C)C)cc1. The van der Waals surface area contributed by atoms with E-state index in [0.717, 1.165) is 11.3 Å².